The number of carbonyl (C=O) groups excluding carboxylic acids is 1. The summed E-state index contributed by atoms with van der Waals surface area (Å²) in [4.78, 5) is 12.3. The molecule has 0 saturated heterocycles. The number of amides is 1. The zero-order valence-corrected chi connectivity index (χ0v) is 17.9. The fraction of sp³-hybridized carbons (Fsp3) is 0.381. The number of likely N-dealkylation sites (N-methyl/N-ethyl adjacent to an activating group) is 1. The van der Waals surface area contributed by atoms with Crippen molar-refractivity contribution < 1.29 is 22.7 Å². The highest BCUT2D eigenvalue weighted by Gasteiger charge is 2.22. The van der Waals surface area contributed by atoms with Crippen LogP contribution in [0.5, 0.6) is 11.5 Å². The Labute approximate surface area is 172 Å². The molecule has 0 atom stereocenters. The van der Waals surface area contributed by atoms with Crippen LogP contribution in [0, 0.1) is 0 Å². The first-order chi connectivity index (χ1) is 13.9. The lowest BCUT2D eigenvalue weighted by atomic mass is 10.1. The van der Waals surface area contributed by atoms with Gasteiger partial charge in [0.1, 0.15) is 11.5 Å². The van der Waals surface area contributed by atoms with Gasteiger partial charge in [0.2, 0.25) is 15.9 Å². The van der Waals surface area contributed by atoms with Crippen molar-refractivity contribution in [3.63, 3.8) is 0 Å². The summed E-state index contributed by atoms with van der Waals surface area (Å²) in [7, 11) is -0.848. The van der Waals surface area contributed by atoms with Crippen LogP contribution in [0.15, 0.2) is 53.4 Å². The van der Waals surface area contributed by atoms with E-state index in [1.807, 2.05) is 31.2 Å². The van der Waals surface area contributed by atoms with Crippen LogP contribution in [0.2, 0.25) is 0 Å². The van der Waals surface area contributed by atoms with E-state index in [-0.39, 0.29) is 17.3 Å². The Bertz CT molecular complexity index is 898. The van der Waals surface area contributed by atoms with Gasteiger partial charge in [-0.25, -0.2) is 8.42 Å². The molecule has 0 bridgehead atoms. The topological polar surface area (TPSA) is 84.9 Å². The number of hydrogen-bond acceptors (Lipinski definition) is 5. The number of aryl methyl sites for hydroxylation is 1. The van der Waals surface area contributed by atoms with Gasteiger partial charge in [0.15, 0.2) is 0 Å². The van der Waals surface area contributed by atoms with Crippen molar-refractivity contribution in [2.75, 3.05) is 33.9 Å². The van der Waals surface area contributed by atoms with Gasteiger partial charge in [-0.05, 0) is 55.7 Å². The highest BCUT2D eigenvalue weighted by Crippen LogP contribution is 2.20. The van der Waals surface area contributed by atoms with Crippen LogP contribution in [0.3, 0.4) is 0 Å². The van der Waals surface area contributed by atoms with Gasteiger partial charge < -0.3 is 14.8 Å². The molecule has 1 N–H and O–H groups in total. The summed E-state index contributed by atoms with van der Waals surface area (Å²) >= 11 is 0. The number of ether oxygens (including phenoxy) is 2. The maximum Gasteiger partial charge on any atom is 0.243 e. The highest BCUT2D eigenvalue weighted by molar-refractivity contribution is 7.89. The Morgan fingerprint density at radius 2 is 1.79 bits per heavy atom. The van der Waals surface area contributed by atoms with Crippen LogP contribution in [-0.4, -0.2) is 52.5 Å². The summed E-state index contributed by atoms with van der Waals surface area (Å²) in [6.45, 7) is 2.75. The number of nitrogens with zero attached hydrogens (tertiary/aromatic N) is 1. The third-order valence-corrected chi connectivity index (χ3v) is 6.17. The van der Waals surface area contributed by atoms with Gasteiger partial charge in [0.05, 0.1) is 25.2 Å². The maximum atomic E-state index is 12.6. The number of sulfonamides is 1. The molecule has 0 radical (unpaired) electrons. The maximum absolute atomic E-state index is 12.6. The third-order valence-electron chi connectivity index (χ3n) is 4.35. The van der Waals surface area contributed by atoms with Gasteiger partial charge >= 0.3 is 0 Å². The van der Waals surface area contributed by atoms with E-state index in [1.54, 1.807) is 12.1 Å². The molecule has 2 rings (SSSR count). The van der Waals surface area contributed by atoms with Gasteiger partial charge in [-0.2, -0.15) is 4.31 Å². The van der Waals surface area contributed by atoms with Gasteiger partial charge in [0, 0.05) is 13.6 Å². The van der Waals surface area contributed by atoms with E-state index in [9.17, 15) is 13.2 Å². The quantitative estimate of drug-likeness (QED) is 0.565. The lowest BCUT2D eigenvalue weighted by Crippen LogP contribution is -2.38. The molecule has 1 amide bonds. The SMILES string of the molecule is CCOc1ccccc1CCCNC(=O)CN(C)S(=O)(=O)c1ccc(OC)cc1. The first kappa shape index (κ1) is 22.7. The summed E-state index contributed by atoms with van der Waals surface area (Å²) in [5.41, 5.74) is 1.09. The zero-order chi connectivity index (χ0) is 21.3. The predicted octanol–water partition coefficient (Wildman–Crippen LogP) is 2.46. The first-order valence-electron chi connectivity index (χ1n) is 9.46. The van der Waals surface area contributed by atoms with Crippen molar-refractivity contribution in [3.05, 3.63) is 54.1 Å². The molecular weight excluding hydrogens is 392 g/mol. The molecule has 0 unspecified atom stereocenters. The number of nitrogens with one attached hydrogen (secondary N) is 1. The van der Waals surface area contributed by atoms with Crippen molar-refractivity contribution in [1.29, 1.82) is 0 Å². The van der Waals surface area contributed by atoms with Crippen LogP contribution in [-0.2, 0) is 21.2 Å². The molecule has 0 aliphatic heterocycles. The normalized spacial score (nSPS) is 11.3. The van der Waals surface area contributed by atoms with Crippen molar-refractivity contribution in [2.45, 2.75) is 24.7 Å². The molecule has 158 valence electrons. The second-order valence-corrected chi connectivity index (χ2v) is 8.48. The third kappa shape index (κ3) is 6.47. The van der Waals surface area contributed by atoms with Gasteiger partial charge in [0.25, 0.3) is 0 Å². The standard InChI is InChI=1S/C21H28N2O5S/c1-4-28-20-10-6-5-8-17(20)9-7-15-22-21(24)16-23(2)29(25,26)19-13-11-18(27-3)12-14-19/h5-6,8,10-14H,4,7,9,15-16H2,1-3H3,(H,22,24). The largest absolute Gasteiger partial charge is 0.497 e. The highest BCUT2D eigenvalue weighted by atomic mass is 32.2. The summed E-state index contributed by atoms with van der Waals surface area (Å²) in [5, 5.41) is 2.77. The van der Waals surface area contributed by atoms with Crippen molar-refractivity contribution in [1.82, 2.24) is 9.62 Å². The molecule has 0 saturated carbocycles. The Balaban J connectivity index is 1.82. The van der Waals surface area contributed by atoms with E-state index in [4.69, 9.17) is 9.47 Å². The lowest BCUT2D eigenvalue weighted by molar-refractivity contribution is -0.121. The van der Waals surface area contributed by atoms with Crippen molar-refractivity contribution >= 4 is 15.9 Å². The Kier molecular flexibility index (Phi) is 8.48. The van der Waals surface area contributed by atoms with Crippen molar-refractivity contribution in [2.24, 2.45) is 0 Å². The minimum Gasteiger partial charge on any atom is -0.497 e. The van der Waals surface area contributed by atoms with E-state index < -0.39 is 10.0 Å². The van der Waals surface area contributed by atoms with E-state index in [1.165, 1.54) is 26.3 Å². The number of benzene rings is 2. The smallest absolute Gasteiger partial charge is 0.243 e. The number of methoxy groups -OCH3 is 1. The molecule has 0 aromatic heterocycles. The summed E-state index contributed by atoms with van der Waals surface area (Å²) in [6, 6.07) is 13.9. The molecule has 0 spiro atoms. The zero-order valence-electron chi connectivity index (χ0n) is 17.1. The Morgan fingerprint density at radius 1 is 1.10 bits per heavy atom. The van der Waals surface area contributed by atoms with E-state index in [0.29, 0.717) is 18.9 Å². The van der Waals surface area contributed by atoms with Crippen LogP contribution in [0.1, 0.15) is 18.9 Å². The van der Waals surface area contributed by atoms with Gasteiger partial charge in [-0.15, -0.1) is 0 Å². The van der Waals surface area contributed by atoms with Crippen LogP contribution in [0.25, 0.3) is 0 Å². The van der Waals surface area contributed by atoms with Crippen LogP contribution in [0.4, 0.5) is 0 Å². The first-order valence-corrected chi connectivity index (χ1v) is 10.9. The number of rotatable bonds is 11. The molecule has 0 aliphatic carbocycles. The molecule has 29 heavy (non-hydrogen) atoms. The molecule has 2 aromatic rings. The molecule has 0 aliphatic rings. The lowest BCUT2D eigenvalue weighted by Gasteiger charge is -2.17. The molecule has 2 aromatic carbocycles. The summed E-state index contributed by atoms with van der Waals surface area (Å²) in [6.07, 6.45) is 1.49. The van der Waals surface area contributed by atoms with Crippen LogP contribution >= 0.6 is 0 Å². The molecule has 7 nitrogen and oxygen atoms in total. The monoisotopic (exact) mass is 420 g/mol. The second-order valence-electron chi connectivity index (χ2n) is 6.43. The average molecular weight is 421 g/mol. The Morgan fingerprint density at radius 3 is 2.45 bits per heavy atom. The van der Waals surface area contributed by atoms with Gasteiger partial charge in [-0.1, -0.05) is 18.2 Å². The minimum atomic E-state index is -3.74. The average Bonchev–Trinajstić information content (AvgIpc) is 2.72. The fourth-order valence-electron chi connectivity index (χ4n) is 2.78. The van der Waals surface area contributed by atoms with E-state index in [0.717, 1.165) is 28.5 Å². The number of hydrogen-bond donors (Lipinski definition) is 1. The van der Waals surface area contributed by atoms with Gasteiger partial charge in [-0.3, -0.25) is 4.79 Å². The minimum absolute atomic E-state index is 0.112. The fourth-order valence-corrected chi connectivity index (χ4v) is 3.91. The number of para-hydroxylation sites is 1. The number of carbonyl (C=O) groups is 1. The molecule has 0 heterocycles. The Hall–Kier alpha value is -2.58. The molecular formula is C21H28N2O5S. The molecule has 0 fully saturated rings. The summed E-state index contributed by atoms with van der Waals surface area (Å²) in [5.74, 6) is 1.07. The van der Waals surface area contributed by atoms with E-state index >= 15 is 0 Å². The van der Waals surface area contributed by atoms with Crippen molar-refractivity contribution in [3.8, 4) is 11.5 Å². The molecule has 8 heteroatoms. The predicted molar refractivity (Wildman–Crippen MR) is 112 cm³/mol. The van der Waals surface area contributed by atoms with Crippen LogP contribution < -0.4 is 14.8 Å². The summed E-state index contributed by atoms with van der Waals surface area (Å²) < 4.78 is 36.8. The second kappa shape index (κ2) is 10.8. The van der Waals surface area contributed by atoms with E-state index in [2.05, 4.69) is 5.32 Å².